The number of benzene rings is 2. The zero-order valence-corrected chi connectivity index (χ0v) is 17.1. The van der Waals surface area contributed by atoms with Crippen molar-refractivity contribution in [1.29, 1.82) is 5.26 Å². The van der Waals surface area contributed by atoms with Gasteiger partial charge in [-0.2, -0.15) is 5.26 Å². The van der Waals surface area contributed by atoms with E-state index in [1.807, 2.05) is 30.3 Å². The van der Waals surface area contributed by atoms with Gasteiger partial charge in [0.15, 0.2) is 0 Å². The molecule has 0 aromatic heterocycles. The van der Waals surface area contributed by atoms with Gasteiger partial charge in [-0.1, -0.05) is 13.3 Å². The molecular formula is C23H27N3O3. The largest absolute Gasteiger partial charge is 0.492 e. The molecular weight excluding hydrogens is 366 g/mol. The predicted octanol–water partition coefficient (Wildman–Crippen LogP) is 3.85. The zero-order valence-electron chi connectivity index (χ0n) is 17.1. The molecule has 6 nitrogen and oxygen atoms in total. The molecule has 0 N–H and O–H groups in total. The quantitative estimate of drug-likeness (QED) is 0.526. The summed E-state index contributed by atoms with van der Waals surface area (Å²) in [6.45, 7) is 6.21. The van der Waals surface area contributed by atoms with Crippen molar-refractivity contribution in [2.24, 2.45) is 0 Å². The molecule has 2 aromatic carbocycles. The fourth-order valence-corrected chi connectivity index (χ4v) is 3.40. The molecule has 0 aliphatic carbocycles. The van der Waals surface area contributed by atoms with Gasteiger partial charge in [0.2, 0.25) is 0 Å². The number of hydrogen-bond donors (Lipinski definition) is 0. The van der Waals surface area contributed by atoms with E-state index in [-0.39, 0.29) is 5.97 Å². The van der Waals surface area contributed by atoms with Gasteiger partial charge in [-0.3, -0.25) is 0 Å². The number of hydrogen-bond acceptors (Lipinski definition) is 6. The first kappa shape index (κ1) is 20.5. The Labute approximate surface area is 172 Å². The Bertz CT molecular complexity index is 866. The van der Waals surface area contributed by atoms with Crippen molar-refractivity contribution in [3.63, 3.8) is 0 Å². The van der Waals surface area contributed by atoms with Gasteiger partial charge in [0.25, 0.3) is 0 Å². The molecule has 0 radical (unpaired) electrons. The smallest absolute Gasteiger partial charge is 0.337 e. The molecule has 3 rings (SSSR count). The molecule has 1 aliphatic rings. The van der Waals surface area contributed by atoms with Gasteiger partial charge in [-0.25, -0.2) is 4.79 Å². The Morgan fingerprint density at radius 2 is 1.66 bits per heavy atom. The number of piperazine rings is 1. The third kappa shape index (κ3) is 5.00. The standard InChI is InChI=1S/C23H27N3O3/c1-3-4-15-29-22-10-9-21(16-19(22)17-24)26-13-11-25(12-14-26)20-7-5-18(6-8-20)23(27)28-2/h5-10,16H,3-4,11-15H2,1-2H3. The number of rotatable bonds is 7. The summed E-state index contributed by atoms with van der Waals surface area (Å²) in [5.74, 6) is 0.339. The van der Waals surface area contributed by atoms with Gasteiger partial charge in [0.1, 0.15) is 11.8 Å². The maximum Gasteiger partial charge on any atom is 0.337 e. The number of nitriles is 1. The molecule has 6 heteroatoms. The van der Waals surface area contributed by atoms with Crippen LogP contribution in [0.3, 0.4) is 0 Å². The highest BCUT2D eigenvalue weighted by molar-refractivity contribution is 5.89. The van der Waals surface area contributed by atoms with E-state index in [0.29, 0.717) is 23.5 Å². The van der Waals surface area contributed by atoms with Crippen molar-refractivity contribution >= 4 is 17.3 Å². The monoisotopic (exact) mass is 393 g/mol. The van der Waals surface area contributed by atoms with Crippen LogP contribution in [0.4, 0.5) is 11.4 Å². The minimum atomic E-state index is -0.322. The molecule has 0 amide bonds. The average molecular weight is 393 g/mol. The van der Waals surface area contributed by atoms with E-state index in [9.17, 15) is 10.1 Å². The van der Waals surface area contributed by atoms with E-state index in [0.717, 1.165) is 50.4 Å². The van der Waals surface area contributed by atoms with Crippen molar-refractivity contribution in [1.82, 2.24) is 0 Å². The number of esters is 1. The van der Waals surface area contributed by atoms with Crippen LogP contribution in [0.25, 0.3) is 0 Å². The van der Waals surface area contributed by atoms with Crippen LogP contribution in [0, 0.1) is 11.3 Å². The third-order valence-electron chi connectivity index (χ3n) is 5.14. The van der Waals surface area contributed by atoms with Gasteiger partial charge in [0, 0.05) is 37.6 Å². The zero-order chi connectivity index (χ0) is 20.6. The molecule has 2 aromatic rings. The summed E-state index contributed by atoms with van der Waals surface area (Å²) in [6.07, 6.45) is 2.05. The summed E-state index contributed by atoms with van der Waals surface area (Å²) in [5.41, 5.74) is 3.28. The summed E-state index contributed by atoms with van der Waals surface area (Å²) in [7, 11) is 1.39. The second-order valence-corrected chi connectivity index (χ2v) is 7.01. The Morgan fingerprint density at radius 1 is 1.03 bits per heavy atom. The van der Waals surface area contributed by atoms with Gasteiger partial charge < -0.3 is 19.3 Å². The molecule has 1 fully saturated rings. The number of unbranched alkanes of at least 4 members (excludes halogenated alkanes) is 1. The number of carbonyl (C=O) groups excluding carboxylic acids is 1. The molecule has 152 valence electrons. The molecule has 0 spiro atoms. The lowest BCUT2D eigenvalue weighted by molar-refractivity contribution is 0.0600. The number of carbonyl (C=O) groups is 1. The van der Waals surface area contributed by atoms with Crippen LogP contribution in [0.1, 0.15) is 35.7 Å². The van der Waals surface area contributed by atoms with Crippen molar-refractivity contribution in [2.45, 2.75) is 19.8 Å². The third-order valence-corrected chi connectivity index (χ3v) is 5.14. The van der Waals surface area contributed by atoms with Crippen molar-refractivity contribution in [2.75, 3.05) is 49.7 Å². The van der Waals surface area contributed by atoms with E-state index in [2.05, 4.69) is 22.8 Å². The Kier molecular flexibility index (Phi) is 6.96. The highest BCUT2D eigenvalue weighted by Crippen LogP contribution is 2.27. The fraction of sp³-hybridized carbons (Fsp3) is 0.391. The number of nitrogens with zero attached hydrogens (tertiary/aromatic N) is 3. The highest BCUT2D eigenvalue weighted by Gasteiger charge is 2.19. The summed E-state index contributed by atoms with van der Waals surface area (Å²) < 4.78 is 10.5. The van der Waals surface area contributed by atoms with Crippen molar-refractivity contribution < 1.29 is 14.3 Å². The molecule has 1 aliphatic heterocycles. The minimum absolute atomic E-state index is 0.322. The average Bonchev–Trinajstić information content (AvgIpc) is 2.79. The van der Waals surface area contributed by atoms with Gasteiger partial charge in [0.05, 0.1) is 24.8 Å². The normalized spacial score (nSPS) is 13.7. The molecule has 29 heavy (non-hydrogen) atoms. The maximum absolute atomic E-state index is 11.6. The van der Waals surface area contributed by atoms with Crippen LogP contribution in [0.2, 0.25) is 0 Å². The molecule has 1 heterocycles. The van der Waals surface area contributed by atoms with Gasteiger partial charge >= 0.3 is 5.97 Å². The van der Waals surface area contributed by atoms with Gasteiger partial charge in [-0.15, -0.1) is 0 Å². The maximum atomic E-state index is 11.6. The Balaban J connectivity index is 1.61. The Morgan fingerprint density at radius 3 is 2.24 bits per heavy atom. The first-order valence-corrected chi connectivity index (χ1v) is 10.0. The lowest BCUT2D eigenvalue weighted by Gasteiger charge is -2.37. The van der Waals surface area contributed by atoms with Crippen LogP contribution in [0.5, 0.6) is 5.75 Å². The summed E-state index contributed by atoms with van der Waals surface area (Å²) in [5, 5.41) is 9.48. The molecule has 1 saturated heterocycles. The van der Waals surface area contributed by atoms with Gasteiger partial charge in [-0.05, 0) is 48.9 Å². The first-order valence-electron chi connectivity index (χ1n) is 10.0. The summed E-state index contributed by atoms with van der Waals surface area (Å²) in [6, 6.07) is 15.6. The SMILES string of the molecule is CCCCOc1ccc(N2CCN(c3ccc(C(=O)OC)cc3)CC2)cc1C#N. The van der Waals surface area contributed by atoms with Crippen LogP contribution in [-0.2, 0) is 4.74 Å². The van der Waals surface area contributed by atoms with Crippen LogP contribution in [0.15, 0.2) is 42.5 Å². The van der Waals surface area contributed by atoms with Crippen LogP contribution in [-0.4, -0.2) is 45.9 Å². The Hall–Kier alpha value is -3.20. The van der Waals surface area contributed by atoms with E-state index in [4.69, 9.17) is 9.47 Å². The lowest BCUT2D eigenvalue weighted by atomic mass is 10.1. The van der Waals surface area contributed by atoms with E-state index in [1.54, 1.807) is 12.1 Å². The number of ether oxygens (including phenoxy) is 2. The van der Waals surface area contributed by atoms with Crippen molar-refractivity contribution in [3.8, 4) is 11.8 Å². The highest BCUT2D eigenvalue weighted by atomic mass is 16.5. The molecule has 0 bridgehead atoms. The van der Waals surface area contributed by atoms with Crippen LogP contribution >= 0.6 is 0 Å². The second kappa shape index (κ2) is 9.83. The van der Waals surface area contributed by atoms with Crippen molar-refractivity contribution in [3.05, 3.63) is 53.6 Å². The van der Waals surface area contributed by atoms with E-state index < -0.39 is 0 Å². The summed E-state index contributed by atoms with van der Waals surface area (Å²) in [4.78, 5) is 16.2. The number of methoxy groups -OCH3 is 1. The van der Waals surface area contributed by atoms with E-state index in [1.165, 1.54) is 7.11 Å². The fourth-order valence-electron chi connectivity index (χ4n) is 3.40. The molecule has 0 saturated carbocycles. The number of anilines is 2. The summed E-state index contributed by atoms with van der Waals surface area (Å²) >= 11 is 0. The minimum Gasteiger partial charge on any atom is -0.492 e. The van der Waals surface area contributed by atoms with Crippen LogP contribution < -0.4 is 14.5 Å². The predicted molar refractivity (Wildman–Crippen MR) is 114 cm³/mol. The second-order valence-electron chi connectivity index (χ2n) is 7.01. The molecule has 0 atom stereocenters. The topological polar surface area (TPSA) is 65.8 Å². The molecule has 0 unspecified atom stereocenters. The first-order chi connectivity index (χ1) is 14.2. The van der Waals surface area contributed by atoms with E-state index >= 15 is 0 Å². The lowest BCUT2D eigenvalue weighted by Crippen LogP contribution is -2.46.